The zero-order valence-electron chi connectivity index (χ0n) is 6.73. The van der Waals surface area contributed by atoms with Crippen LogP contribution in [0.3, 0.4) is 0 Å². The zero-order chi connectivity index (χ0) is 8.72. The number of carboxylic acids is 1. The Hall–Kier alpha value is -0.610. The third kappa shape index (κ3) is 1.11. The number of carboxylic acid groups (broad SMARTS) is 1. The Morgan fingerprint density at radius 3 is 2.83 bits per heavy atom. The van der Waals surface area contributed by atoms with Crippen LogP contribution in [0.2, 0.25) is 0 Å². The molecule has 4 atom stereocenters. The van der Waals surface area contributed by atoms with Gasteiger partial charge in [0.25, 0.3) is 0 Å². The van der Waals surface area contributed by atoms with Crippen molar-refractivity contribution in [1.29, 1.82) is 0 Å². The highest BCUT2D eigenvalue weighted by Crippen LogP contribution is 2.31. The van der Waals surface area contributed by atoms with Crippen LogP contribution in [0, 0.1) is 5.92 Å². The number of aliphatic hydroxyl groups is 1. The van der Waals surface area contributed by atoms with Crippen molar-refractivity contribution in [2.75, 3.05) is 0 Å². The molecule has 0 saturated carbocycles. The second-order valence-corrected chi connectivity index (χ2v) is 3.71. The van der Waals surface area contributed by atoms with Crippen molar-refractivity contribution in [3.63, 3.8) is 0 Å². The number of fused-ring (bicyclic) bond motifs is 2. The van der Waals surface area contributed by atoms with Crippen LogP contribution >= 0.6 is 0 Å². The third-order valence-electron chi connectivity index (χ3n) is 2.94. The van der Waals surface area contributed by atoms with E-state index < -0.39 is 18.0 Å². The Morgan fingerprint density at radius 2 is 2.17 bits per heavy atom. The minimum absolute atomic E-state index is 0.00347. The van der Waals surface area contributed by atoms with E-state index in [1.165, 1.54) is 0 Å². The largest absolute Gasteiger partial charge is 0.481 e. The molecule has 2 rings (SSSR count). The molecule has 0 spiro atoms. The van der Waals surface area contributed by atoms with Gasteiger partial charge in [0.2, 0.25) is 0 Å². The molecule has 4 heteroatoms. The molecule has 2 saturated heterocycles. The fraction of sp³-hybridized carbons (Fsp3) is 0.875. The average Bonchev–Trinajstić information content (AvgIpc) is 2.31. The summed E-state index contributed by atoms with van der Waals surface area (Å²) in [5.41, 5.74) is 0. The summed E-state index contributed by atoms with van der Waals surface area (Å²) in [7, 11) is 0. The molecular weight excluding hydrogens is 158 g/mol. The number of piperidine rings is 1. The van der Waals surface area contributed by atoms with Crippen molar-refractivity contribution in [1.82, 2.24) is 5.32 Å². The van der Waals surface area contributed by atoms with Crippen LogP contribution in [0.4, 0.5) is 0 Å². The molecule has 2 heterocycles. The Morgan fingerprint density at radius 1 is 1.42 bits per heavy atom. The quantitative estimate of drug-likeness (QED) is 0.501. The minimum Gasteiger partial charge on any atom is -0.481 e. The fourth-order valence-electron chi connectivity index (χ4n) is 2.36. The SMILES string of the molecule is O=C(O)[C@H]1[C@@H](O)C[C@@H]2CC[C@H]1N2. The Balaban J connectivity index is 2.15. The predicted octanol–water partition coefficient (Wildman–Crippen LogP) is -0.428. The molecular formula is C8H13NO3. The smallest absolute Gasteiger partial charge is 0.310 e. The van der Waals surface area contributed by atoms with Crippen molar-refractivity contribution < 1.29 is 15.0 Å². The number of carbonyl (C=O) groups is 1. The van der Waals surface area contributed by atoms with Crippen molar-refractivity contribution in [3.05, 3.63) is 0 Å². The van der Waals surface area contributed by atoms with Crippen LogP contribution in [0.5, 0.6) is 0 Å². The molecule has 3 N–H and O–H groups in total. The minimum atomic E-state index is -0.875. The Bertz CT molecular complexity index is 206. The van der Waals surface area contributed by atoms with Crippen LogP contribution in [-0.2, 0) is 4.79 Å². The number of aliphatic carboxylic acids is 1. The van der Waals surface area contributed by atoms with Gasteiger partial charge in [0, 0.05) is 12.1 Å². The molecule has 0 amide bonds. The molecule has 0 aromatic rings. The van der Waals surface area contributed by atoms with Gasteiger partial charge in [-0.1, -0.05) is 0 Å². The lowest BCUT2D eigenvalue weighted by atomic mass is 9.89. The molecule has 0 unspecified atom stereocenters. The maximum atomic E-state index is 10.8. The van der Waals surface area contributed by atoms with Crippen LogP contribution in [0.25, 0.3) is 0 Å². The molecule has 2 bridgehead atoms. The van der Waals surface area contributed by atoms with Crippen LogP contribution < -0.4 is 5.32 Å². The van der Waals surface area contributed by atoms with Gasteiger partial charge in [-0.3, -0.25) is 4.79 Å². The van der Waals surface area contributed by atoms with E-state index in [-0.39, 0.29) is 6.04 Å². The van der Waals surface area contributed by atoms with E-state index in [1.807, 2.05) is 0 Å². The van der Waals surface area contributed by atoms with E-state index in [2.05, 4.69) is 5.32 Å². The maximum Gasteiger partial charge on any atom is 0.310 e. The number of hydrogen-bond donors (Lipinski definition) is 3. The van der Waals surface area contributed by atoms with Crippen molar-refractivity contribution in [2.45, 2.75) is 37.5 Å². The lowest BCUT2D eigenvalue weighted by Gasteiger charge is -2.31. The Labute approximate surface area is 70.6 Å². The standard InChI is InChI=1S/C8H13NO3/c10-6-3-4-1-2-5(9-4)7(6)8(11)12/h4-7,9-10H,1-3H2,(H,11,12)/t4-,5+,6-,7+/m0/s1. The Kier molecular flexibility index (Phi) is 1.81. The summed E-state index contributed by atoms with van der Waals surface area (Å²) in [5.74, 6) is -1.47. The summed E-state index contributed by atoms with van der Waals surface area (Å²) in [5, 5.41) is 21.5. The van der Waals surface area contributed by atoms with E-state index >= 15 is 0 Å². The van der Waals surface area contributed by atoms with Gasteiger partial charge in [-0.2, -0.15) is 0 Å². The van der Waals surface area contributed by atoms with Gasteiger partial charge < -0.3 is 15.5 Å². The number of aliphatic hydroxyl groups excluding tert-OH is 1. The van der Waals surface area contributed by atoms with Crippen LogP contribution in [0.1, 0.15) is 19.3 Å². The van der Waals surface area contributed by atoms with Crippen molar-refractivity contribution >= 4 is 5.97 Å². The van der Waals surface area contributed by atoms with Gasteiger partial charge in [0.1, 0.15) is 0 Å². The second kappa shape index (κ2) is 2.71. The van der Waals surface area contributed by atoms with Gasteiger partial charge in [-0.05, 0) is 19.3 Å². The first kappa shape index (κ1) is 8.01. The topological polar surface area (TPSA) is 69.6 Å². The molecule has 0 aromatic heterocycles. The normalized spacial score (nSPS) is 46.1. The predicted molar refractivity (Wildman–Crippen MR) is 41.7 cm³/mol. The summed E-state index contributed by atoms with van der Waals surface area (Å²) in [6, 6.07) is 0.344. The summed E-state index contributed by atoms with van der Waals surface area (Å²) >= 11 is 0. The van der Waals surface area contributed by atoms with E-state index in [0.717, 1.165) is 12.8 Å². The van der Waals surface area contributed by atoms with Crippen molar-refractivity contribution in [3.8, 4) is 0 Å². The van der Waals surface area contributed by atoms with Crippen molar-refractivity contribution in [2.24, 2.45) is 5.92 Å². The first-order valence-corrected chi connectivity index (χ1v) is 4.35. The molecule has 0 aliphatic carbocycles. The van der Waals surface area contributed by atoms with E-state index in [0.29, 0.717) is 12.5 Å². The first-order chi connectivity index (χ1) is 5.68. The van der Waals surface area contributed by atoms with Crippen LogP contribution in [-0.4, -0.2) is 34.4 Å². The fourth-order valence-corrected chi connectivity index (χ4v) is 2.36. The maximum absolute atomic E-state index is 10.8. The van der Waals surface area contributed by atoms with E-state index in [1.54, 1.807) is 0 Å². The third-order valence-corrected chi connectivity index (χ3v) is 2.94. The van der Waals surface area contributed by atoms with Gasteiger partial charge in [-0.25, -0.2) is 0 Å². The second-order valence-electron chi connectivity index (χ2n) is 3.71. The van der Waals surface area contributed by atoms with E-state index in [4.69, 9.17) is 5.11 Å². The molecule has 0 aromatic carbocycles. The number of rotatable bonds is 1. The zero-order valence-corrected chi connectivity index (χ0v) is 6.73. The highest BCUT2D eigenvalue weighted by atomic mass is 16.4. The lowest BCUT2D eigenvalue weighted by molar-refractivity contribution is -0.148. The monoisotopic (exact) mass is 171 g/mol. The summed E-state index contributed by atoms with van der Waals surface area (Å²) in [6.45, 7) is 0. The summed E-state index contributed by atoms with van der Waals surface area (Å²) in [4.78, 5) is 10.8. The van der Waals surface area contributed by atoms with Gasteiger partial charge in [-0.15, -0.1) is 0 Å². The van der Waals surface area contributed by atoms with Gasteiger partial charge >= 0.3 is 5.97 Å². The molecule has 4 nitrogen and oxygen atoms in total. The molecule has 68 valence electrons. The molecule has 12 heavy (non-hydrogen) atoms. The number of hydrogen-bond acceptors (Lipinski definition) is 3. The van der Waals surface area contributed by atoms with Crippen LogP contribution in [0.15, 0.2) is 0 Å². The average molecular weight is 171 g/mol. The first-order valence-electron chi connectivity index (χ1n) is 4.35. The van der Waals surface area contributed by atoms with Gasteiger partial charge in [0.05, 0.1) is 12.0 Å². The lowest BCUT2D eigenvalue weighted by Crippen LogP contribution is -2.51. The molecule has 2 fully saturated rings. The highest BCUT2D eigenvalue weighted by molar-refractivity contribution is 5.72. The summed E-state index contributed by atoms with van der Waals surface area (Å²) < 4.78 is 0. The number of nitrogens with one attached hydrogen (secondary N) is 1. The molecule has 2 aliphatic heterocycles. The highest BCUT2D eigenvalue weighted by Gasteiger charge is 2.44. The molecule has 0 radical (unpaired) electrons. The van der Waals surface area contributed by atoms with Gasteiger partial charge in [0.15, 0.2) is 0 Å². The summed E-state index contributed by atoms with van der Waals surface area (Å²) in [6.07, 6.45) is 1.83. The molecule has 2 aliphatic rings. The van der Waals surface area contributed by atoms with E-state index in [9.17, 15) is 9.90 Å².